The Morgan fingerprint density at radius 2 is 2.00 bits per heavy atom. The molecule has 1 aliphatic heterocycles. The Labute approximate surface area is 68.9 Å². The van der Waals surface area contributed by atoms with E-state index < -0.39 is 0 Å². The lowest BCUT2D eigenvalue weighted by molar-refractivity contribution is 0.311. The smallest absolute Gasteiger partial charge is 0.0974 e. The van der Waals surface area contributed by atoms with E-state index in [0.717, 1.165) is 0 Å². The Kier molecular flexibility index (Phi) is 1.90. The molecule has 1 N–H and O–H groups in total. The van der Waals surface area contributed by atoms with E-state index >= 15 is 0 Å². The molecule has 0 amide bonds. The third-order valence-electron chi connectivity index (χ3n) is 2.94. The summed E-state index contributed by atoms with van der Waals surface area (Å²) in [4.78, 5) is 0. The molecule has 0 aromatic heterocycles. The third kappa shape index (κ3) is 1.30. The van der Waals surface area contributed by atoms with E-state index in [1.165, 1.54) is 45.1 Å². The molecule has 1 spiro atoms. The molecular weight excluding hydrogens is 136 g/mol. The van der Waals surface area contributed by atoms with Gasteiger partial charge in [-0.3, -0.25) is 0 Å². The van der Waals surface area contributed by atoms with Gasteiger partial charge in [-0.25, -0.2) is 10.4 Å². The second-order valence-electron chi connectivity index (χ2n) is 3.86. The summed E-state index contributed by atoms with van der Waals surface area (Å²) in [6, 6.07) is 0. The van der Waals surface area contributed by atoms with E-state index in [9.17, 15) is 0 Å². The Morgan fingerprint density at radius 3 is 2.64 bits per heavy atom. The molecule has 64 valence electrons. The SMILES string of the molecule is CCCN1NC12CCCCC2. The van der Waals surface area contributed by atoms with Gasteiger partial charge in [-0.2, -0.15) is 0 Å². The van der Waals surface area contributed by atoms with Gasteiger partial charge in [0.15, 0.2) is 0 Å². The van der Waals surface area contributed by atoms with Crippen LogP contribution in [0.25, 0.3) is 0 Å². The van der Waals surface area contributed by atoms with Crippen LogP contribution in [-0.4, -0.2) is 17.2 Å². The molecule has 1 atom stereocenters. The van der Waals surface area contributed by atoms with Gasteiger partial charge in [-0.1, -0.05) is 26.2 Å². The van der Waals surface area contributed by atoms with Crippen LogP contribution < -0.4 is 5.43 Å². The van der Waals surface area contributed by atoms with E-state index in [1.807, 2.05) is 0 Å². The number of rotatable bonds is 2. The maximum absolute atomic E-state index is 3.52. The van der Waals surface area contributed by atoms with E-state index in [-0.39, 0.29) is 0 Å². The lowest BCUT2D eigenvalue weighted by Crippen LogP contribution is -2.23. The first-order valence-corrected chi connectivity index (χ1v) is 4.93. The minimum atomic E-state index is 0.480. The standard InChI is InChI=1S/C9H18N2/c1-2-8-11-9(10-11)6-4-3-5-7-9/h10H,2-8H2,1H3. The van der Waals surface area contributed by atoms with Gasteiger partial charge in [0.2, 0.25) is 0 Å². The Hall–Kier alpha value is -0.0800. The molecule has 0 aromatic rings. The molecule has 2 rings (SSSR count). The molecule has 0 radical (unpaired) electrons. The van der Waals surface area contributed by atoms with Crippen LogP contribution in [0.2, 0.25) is 0 Å². The van der Waals surface area contributed by atoms with Crippen LogP contribution in [0.15, 0.2) is 0 Å². The molecule has 1 heterocycles. The van der Waals surface area contributed by atoms with Gasteiger partial charge in [0.1, 0.15) is 0 Å². The van der Waals surface area contributed by atoms with Gasteiger partial charge in [-0.15, -0.1) is 0 Å². The molecule has 1 unspecified atom stereocenters. The van der Waals surface area contributed by atoms with Crippen molar-refractivity contribution in [2.45, 2.75) is 51.1 Å². The molecule has 2 heteroatoms. The van der Waals surface area contributed by atoms with Crippen molar-refractivity contribution in [2.75, 3.05) is 6.54 Å². The monoisotopic (exact) mass is 154 g/mol. The molecule has 1 aliphatic carbocycles. The average Bonchev–Trinajstić information content (AvgIpc) is 2.66. The van der Waals surface area contributed by atoms with Gasteiger partial charge in [0.05, 0.1) is 5.66 Å². The van der Waals surface area contributed by atoms with Crippen LogP contribution in [0, 0.1) is 0 Å². The zero-order valence-electron chi connectivity index (χ0n) is 7.40. The Balaban J connectivity index is 1.84. The van der Waals surface area contributed by atoms with Crippen molar-refractivity contribution in [3.8, 4) is 0 Å². The average molecular weight is 154 g/mol. The predicted molar refractivity (Wildman–Crippen MR) is 45.9 cm³/mol. The van der Waals surface area contributed by atoms with Gasteiger partial charge in [-0.05, 0) is 19.3 Å². The largest absolute Gasteiger partial charge is 0.232 e. The van der Waals surface area contributed by atoms with Crippen molar-refractivity contribution in [3.05, 3.63) is 0 Å². The van der Waals surface area contributed by atoms with Crippen molar-refractivity contribution in [1.82, 2.24) is 10.4 Å². The summed E-state index contributed by atoms with van der Waals surface area (Å²) in [5.74, 6) is 0. The fourth-order valence-corrected chi connectivity index (χ4v) is 2.24. The third-order valence-corrected chi connectivity index (χ3v) is 2.94. The summed E-state index contributed by atoms with van der Waals surface area (Å²) in [7, 11) is 0. The molecule has 0 bridgehead atoms. The summed E-state index contributed by atoms with van der Waals surface area (Å²) in [6.07, 6.45) is 8.33. The number of nitrogens with zero attached hydrogens (tertiary/aromatic N) is 1. The highest BCUT2D eigenvalue weighted by molar-refractivity contribution is 4.99. The molecular formula is C9H18N2. The first kappa shape index (κ1) is 7.56. The number of hydrogen-bond acceptors (Lipinski definition) is 2. The second kappa shape index (κ2) is 2.76. The maximum atomic E-state index is 3.52. The van der Waals surface area contributed by atoms with E-state index in [0.29, 0.717) is 5.66 Å². The quantitative estimate of drug-likeness (QED) is 0.614. The number of hydrogen-bond donors (Lipinski definition) is 1. The molecule has 1 saturated carbocycles. The molecule has 1 saturated heterocycles. The zero-order valence-corrected chi connectivity index (χ0v) is 7.40. The summed E-state index contributed by atoms with van der Waals surface area (Å²) >= 11 is 0. The zero-order chi connectivity index (χ0) is 7.73. The minimum absolute atomic E-state index is 0.480. The van der Waals surface area contributed by atoms with Crippen LogP contribution >= 0.6 is 0 Å². The minimum Gasteiger partial charge on any atom is -0.232 e. The fourth-order valence-electron chi connectivity index (χ4n) is 2.24. The van der Waals surface area contributed by atoms with Crippen molar-refractivity contribution < 1.29 is 0 Å². The van der Waals surface area contributed by atoms with Crippen molar-refractivity contribution in [1.29, 1.82) is 0 Å². The van der Waals surface area contributed by atoms with Crippen LogP contribution in [0.1, 0.15) is 45.4 Å². The van der Waals surface area contributed by atoms with Crippen LogP contribution in [-0.2, 0) is 0 Å². The normalized spacial score (nSPS) is 34.1. The highest BCUT2D eigenvalue weighted by atomic mass is 15.8. The maximum Gasteiger partial charge on any atom is 0.0974 e. The van der Waals surface area contributed by atoms with Crippen LogP contribution in [0.3, 0.4) is 0 Å². The summed E-state index contributed by atoms with van der Waals surface area (Å²) in [6.45, 7) is 3.48. The second-order valence-corrected chi connectivity index (χ2v) is 3.86. The number of nitrogens with one attached hydrogen (secondary N) is 1. The first-order chi connectivity index (χ1) is 5.37. The van der Waals surface area contributed by atoms with E-state index in [2.05, 4.69) is 17.4 Å². The topological polar surface area (TPSA) is 25.0 Å². The molecule has 0 aromatic carbocycles. The molecule has 11 heavy (non-hydrogen) atoms. The Bertz CT molecular complexity index is 138. The fraction of sp³-hybridized carbons (Fsp3) is 1.00. The molecule has 2 nitrogen and oxygen atoms in total. The summed E-state index contributed by atoms with van der Waals surface area (Å²) in [5.41, 5.74) is 4.00. The van der Waals surface area contributed by atoms with E-state index in [1.54, 1.807) is 0 Å². The van der Waals surface area contributed by atoms with Crippen molar-refractivity contribution in [3.63, 3.8) is 0 Å². The van der Waals surface area contributed by atoms with Crippen LogP contribution in [0.4, 0.5) is 0 Å². The van der Waals surface area contributed by atoms with Gasteiger partial charge >= 0.3 is 0 Å². The highest BCUT2D eigenvalue weighted by Crippen LogP contribution is 2.39. The molecule has 2 aliphatic rings. The van der Waals surface area contributed by atoms with Crippen molar-refractivity contribution >= 4 is 0 Å². The first-order valence-electron chi connectivity index (χ1n) is 4.93. The van der Waals surface area contributed by atoms with Gasteiger partial charge in [0.25, 0.3) is 0 Å². The van der Waals surface area contributed by atoms with Crippen LogP contribution in [0.5, 0.6) is 0 Å². The summed E-state index contributed by atoms with van der Waals surface area (Å²) in [5, 5.41) is 2.44. The number of hydrazine groups is 1. The lowest BCUT2D eigenvalue weighted by Gasteiger charge is -2.19. The summed E-state index contributed by atoms with van der Waals surface area (Å²) < 4.78 is 0. The predicted octanol–water partition coefficient (Wildman–Crippen LogP) is 1.88. The Morgan fingerprint density at radius 1 is 1.27 bits per heavy atom. The van der Waals surface area contributed by atoms with Crippen molar-refractivity contribution in [2.24, 2.45) is 0 Å². The molecule has 2 fully saturated rings. The van der Waals surface area contributed by atoms with Gasteiger partial charge < -0.3 is 0 Å². The highest BCUT2D eigenvalue weighted by Gasteiger charge is 2.50. The lowest BCUT2D eigenvalue weighted by atomic mass is 9.92. The van der Waals surface area contributed by atoms with E-state index in [4.69, 9.17) is 0 Å². The van der Waals surface area contributed by atoms with Gasteiger partial charge in [0, 0.05) is 6.54 Å².